The molecular formula is C17H17Si. The van der Waals surface area contributed by atoms with Crippen LogP contribution in [0.1, 0.15) is 30.4 Å². The largest absolute Gasteiger partial charge is 0.0807 e. The molecule has 18 heavy (non-hydrogen) atoms. The van der Waals surface area contributed by atoms with E-state index in [0.717, 1.165) is 12.5 Å². The van der Waals surface area contributed by atoms with Crippen LogP contribution in [-0.4, -0.2) is 10.2 Å². The van der Waals surface area contributed by atoms with Crippen molar-refractivity contribution in [1.29, 1.82) is 0 Å². The van der Waals surface area contributed by atoms with E-state index < -0.39 is 0 Å². The highest BCUT2D eigenvalue weighted by Crippen LogP contribution is 2.34. The van der Waals surface area contributed by atoms with Gasteiger partial charge in [-0.2, -0.15) is 0 Å². The average molecular weight is 249 g/mol. The summed E-state index contributed by atoms with van der Waals surface area (Å²) in [6.07, 6.45) is 7.29. The topological polar surface area (TPSA) is 0 Å². The first kappa shape index (κ1) is 11.7. The number of hydrogen-bond acceptors (Lipinski definition) is 0. The van der Waals surface area contributed by atoms with Gasteiger partial charge in [-0.05, 0) is 53.2 Å². The molecule has 2 aromatic carbocycles. The van der Waals surface area contributed by atoms with Crippen LogP contribution in [0.2, 0.25) is 6.04 Å². The summed E-state index contributed by atoms with van der Waals surface area (Å²) in [6.45, 7) is 0. The third kappa shape index (κ3) is 2.03. The number of fused-ring (bicyclic) bond motifs is 1. The predicted molar refractivity (Wildman–Crippen MR) is 80.0 cm³/mol. The fraction of sp³-hybridized carbons (Fsp3) is 0.294. The van der Waals surface area contributed by atoms with Crippen LogP contribution in [0.3, 0.4) is 0 Å². The van der Waals surface area contributed by atoms with Crippen LogP contribution in [0.4, 0.5) is 0 Å². The average Bonchev–Trinajstić information content (AvgIpc) is 2.93. The van der Waals surface area contributed by atoms with E-state index in [1.807, 2.05) is 0 Å². The summed E-state index contributed by atoms with van der Waals surface area (Å²) >= 11 is 0. The Morgan fingerprint density at radius 2 is 1.83 bits per heavy atom. The summed E-state index contributed by atoms with van der Waals surface area (Å²) in [6, 6.07) is 14.5. The molecule has 0 unspecified atom stereocenters. The smallest absolute Gasteiger partial charge is 0.0225 e. The Kier molecular flexibility index (Phi) is 3.33. The van der Waals surface area contributed by atoms with Crippen LogP contribution in [0.25, 0.3) is 16.3 Å². The van der Waals surface area contributed by atoms with Crippen LogP contribution in [-0.2, 0) is 6.42 Å². The van der Waals surface area contributed by atoms with Crippen molar-refractivity contribution >= 4 is 26.6 Å². The van der Waals surface area contributed by atoms with Gasteiger partial charge in [0.15, 0.2) is 0 Å². The Bertz CT molecular complexity index is 596. The molecule has 1 aliphatic rings. The van der Waals surface area contributed by atoms with Gasteiger partial charge in [0, 0.05) is 10.2 Å². The highest BCUT2D eigenvalue weighted by Gasteiger charge is 2.11. The fourth-order valence-electron chi connectivity index (χ4n) is 2.91. The molecule has 0 aromatic heterocycles. The Hall–Kier alpha value is -1.34. The lowest BCUT2D eigenvalue weighted by Gasteiger charge is -2.11. The summed E-state index contributed by atoms with van der Waals surface area (Å²) in [5.41, 5.74) is 4.43. The molecular weight excluding hydrogens is 232 g/mol. The van der Waals surface area contributed by atoms with E-state index in [2.05, 4.69) is 52.7 Å². The minimum Gasteiger partial charge on any atom is -0.0807 e. The van der Waals surface area contributed by atoms with Gasteiger partial charge in [0.05, 0.1) is 0 Å². The summed E-state index contributed by atoms with van der Waals surface area (Å²) in [4.78, 5) is 0. The minimum atomic E-state index is 1.02. The zero-order valence-electron chi connectivity index (χ0n) is 10.6. The molecule has 1 heteroatoms. The second-order valence-corrected chi connectivity index (χ2v) is 5.44. The van der Waals surface area contributed by atoms with E-state index >= 15 is 0 Å². The molecule has 3 radical (unpaired) electrons. The zero-order chi connectivity index (χ0) is 12.4. The molecule has 0 nitrogen and oxygen atoms in total. The quantitative estimate of drug-likeness (QED) is 0.701. The maximum Gasteiger partial charge on any atom is 0.0225 e. The number of allylic oxidation sites excluding steroid dienone is 2. The van der Waals surface area contributed by atoms with Crippen molar-refractivity contribution < 1.29 is 0 Å². The lowest BCUT2D eigenvalue weighted by atomic mass is 9.94. The molecule has 0 saturated heterocycles. The summed E-state index contributed by atoms with van der Waals surface area (Å²) in [7, 11) is 3.59. The second kappa shape index (κ2) is 5.11. The van der Waals surface area contributed by atoms with E-state index in [4.69, 9.17) is 0 Å². The van der Waals surface area contributed by atoms with Crippen molar-refractivity contribution in [2.75, 3.05) is 0 Å². The van der Waals surface area contributed by atoms with E-state index in [9.17, 15) is 0 Å². The van der Waals surface area contributed by atoms with Gasteiger partial charge in [0.1, 0.15) is 0 Å². The first-order valence-corrected chi connectivity index (χ1v) is 7.45. The first-order chi connectivity index (χ1) is 8.90. The number of benzene rings is 2. The van der Waals surface area contributed by atoms with Gasteiger partial charge < -0.3 is 0 Å². The molecule has 1 aliphatic carbocycles. The number of aryl methyl sites for hydroxylation is 1. The van der Waals surface area contributed by atoms with Gasteiger partial charge in [-0.25, -0.2) is 0 Å². The van der Waals surface area contributed by atoms with Crippen molar-refractivity contribution in [3.8, 4) is 0 Å². The lowest BCUT2D eigenvalue weighted by molar-refractivity contribution is 0.935. The van der Waals surface area contributed by atoms with Gasteiger partial charge in [0.2, 0.25) is 0 Å². The van der Waals surface area contributed by atoms with E-state index in [0.29, 0.717) is 0 Å². The minimum absolute atomic E-state index is 1.02. The molecule has 0 fully saturated rings. The summed E-state index contributed by atoms with van der Waals surface area (Å²) < 4.78 is 0. The second-order valence-electron chi connectivity index (χ2n) is 4.94. The monoisotopic (exact) mass is 249 g/mol. The van der Waals surface area contributed by atoms with E-state index in [-0.39, 0.29) is 0 Å². The molecule has 89 valence electrons. The normalized spacial score (nSPS) is 15.1. The van der Waals surface area contributed by atoms with Gasteiger partial charge in [-0.15, -0.1) is 0 Å². The molecule has 0 atom stereocenters. The maximum atomic E-state index is 3.59. The summed E-state index contributed by atoms with van der Waals surface area (Å²) in [5, 5.41) is 2.84. The maximum absolute atomic E-state index is 3.59. The van der Waals surface area contributed by atoms with E-state index in [1.165, 1.54) is 46.7 Å². The molecule has 0 spiro atoms. The highest BCUT2D eigenvalue weighted by molar-refractivity contribution is 6.08. The van der Waals surface area contributed by atoms with Crippen LogP contribution < -0.4 is 0 Å². The van der Waals surface area contributed by atoms with Crippen molar-refractivity contribution in [3.05, 3.63) is 53.6 Å². The van der Waals surface area contributed by atoms with Crippen molar-refractivity contribution in [3.63, 3.8) is 0 Å². The van der Waals surface area contributed by atoms with Gasteiger partial charge in [-0.1, -0.05) is 48.5 Å². The van der Waals surface area contributed by atoms with Crippen molar-refractivity contribution in [1.82, 2.24) is 0 Å². The molecule has 0 heterocycles. The highest BCUT2D eigenvalue weighted by atomic mass is 28.1. The van der Waals surface area contributed by atoms with Crippen LogP contribution in [0.15, 0.2) is 42.5 Å². The van der Waals surface area contributed by atoms with Gasteiger partial charge in [0.25, 0.3) is 0 Å². The third-order valence-electron chi connectivity index (χ3n) is 3.80. The molecule has 2 aromatic rings. The first-order valence-electron chi connectivity index (χ1n) is 6.75. The van der Waals surface area contributed by atoms with Crippen molar-refractivity contribution in [2.24, 2.45) is 0 Å². The van der Waals surface area contributed by atoms with Gasteiger partial charge in [-0.3, -0.25) is 0 Å². The Morgan fingerprint density at radius 3 is 2.56 bits per heavy atom. The summed E-state index contributed by atoms with van der Waals surface area (Å²) in [5.74, 6) is 0. The van der Waals surface area contributed by atoms with Crippen LogP contribution in [0.5, 0.6) is 0 Å². The van der Waals surface area contributed by atoms with Gasteiger partial charge >= 0.3 is 0 Å². The molecule has 0 amide bonds. The molecule has 0 N–H and O–H groups in total. The molecule has 0 bridgehead atoms. The number of rotatable bonds is 3. The Morgan fingerprint density at radius 1 is 1.00 bits per heavy atom. The third-order valence-corrected chi connectivity index (χ3v) is 4.05. The van der Waals surface area contributed by atoms with Crippen LogP contribution >= 0.6 is 0 Å². The standard InChI is InChI=1S/C17H17Si/c18-12-11-14-9-10-16(13-5-1-2-6-13)17-8-4-3-7-15(14)17/h3-5,7-10H,1-2,6,11-12H2. The molecule has 3 rings (SSSR count). The Labute approximate surface area is 112 Å². The molecule has 0 aliphatic heterocycles. The van der Waals surface area contributed by atoms with Crippen LogP contribution in [0, 0.1) is 0 Å². The SMILES string of the molecule is [Si]CCc1ccc(C2=CCCC2)c2ccccc12. The predicted octanol–water partition coefficient (Wildman–Crippen LogP) is 4.54. The van der Waals surface area contributed by atoms with Crippen molar-refractivity contribution in [2.45, 2.75) is 31.7 Å². The molecule has 0 saturated carbocycles. The zero-order valence-corrected chi connectivity index (χ0v) is 11.6. The fourth-order valence-corrected chi connectivity index (χ4v) is 3.18. The van der Waals surface area contributed by atoms with E-state index in [1.54, 1.807) is 0 Å². The lowest BCUT2D eigenvalue weighted by Crippen LogP contribution is -1.91. The number of hydrogen-bond donors (Lipinski definition) is 0. The Balaban J connectivity index is 2.19.